The van der Waals surface area contributed by atoms with Crippen molar-refractivity contribution in [3.05, 3.63) is 0 Å². The lowest BCUT2D eigenvalue weighted by Crippen LogP contribution is -2.35. The molecule has 0 spiro atoms. The predicted octanol–water partition coefficient (Wildman–Crippen LogP) is 6.27. The largest absolute Gasteiger partial charge is 0.459 e. The van der Waals surface area contributed by atoms with E-state index in [0.29, 0.717) is 6.54 Å². The molecule has 0 saturated carbocycles. The Morgan fingerprint density at radius 3 is 1.37 bits per heavy atom. The molecule has 160 valence electrons. The molecule has 0 unspecified atom stereocenters. The van der Waals surface area contributed by atoms with Crippen molar-refractivity contribution in [1.29, 1.82) is 0 Å². The van der Waals surface area contributed by atoms with Gasteiger partial charge in [0.1, 0.15) is 0 Å². The number of likely N-dealkylation sites (N-methyl/N-ethyl adjacent to an activating group) is 1. The van der Waals surface area contributed by atoms with Gasteiger partial charge < -0.3 is 9.64 Å². The summed E-state index contributed by atoms with van der Waals surface area (Å²) in [5, 5.41) is 0. The second kappa shape index (κ2) is 19.7. The summed E-state index contributed by atoms with van der Waals surface area (Å²) in [5.41, 5.74) is 0. The normalized spacial score (nSPS) is 10.8. The van der Waals surface area contributed by atoms with E-state index in [1.54, 1.807) is 14.0 Å². The van der Waals surface area contributed by atoms with Crippen molar-refractivity contribution in [2.75, 3.05) is 20.2 Å². The van der Waals surface area contributed by atoms with Gasteiger partial charge in [0.25, 0.3) is 0 Å². The lowest BCUT2D eigenvalue weighted by atomic mass is 10.0. The first-order valence-corrected chi connectivity index (χ1v) is 11.6. The van der Waals surface area contributed by atoms with Gasteiger partial charge in [0.15, 0.2) is 0 Å². The third-order valence-corrected chi connectivity index (χ3v) is 5.14. The summed E-state index contributed by atoms with van der Waals surface area (Å²) in [4.78, 5) is 24.5. The molecule has 0 atom stereocenters. The Morgan fingerprint density at radius 2 is 1.00 bits per heavy atom. The molecule has 0 N–H and O–H groups in total. The second-order valence-corrected chi connectivity index (χ2v) is 7.75. The molecule has 0 rings (SSSR count). The molecule has 0 saturated heterocycles. The molecule has 0 bridgehead atoms. The number of amides is 1. The lowest BCUT2D eigenvalue weighted by Gasteiger charge is -2.15. The maximum atomic E-state index is 11.7. The van der Waals surface area contributed by atoms with Crippen molar-refractivity contribution < 1.29 is 14.3 Å². The topological polar surface area (TPSA) is 46.6 Å². The van der Waals surface area contributed by atoms with E-state index in [4.69, 9.17) is 4.74 Å². The fourth-order valence-electron chi connectivity index (χ4n) is 3.35. The number of nitrogens with zero attached hydrogens (tertiary/aromatic N) is 1. The zero-order valence-electron chi connectivity index (χ0n) is 18.4. The van der Waals surface area contributed by atoms with Crippen LogP contribution in [0.2, 0.25) is 0 Å². The number of rotatable bonds is 18. The highest BCUT2D eigenvalue weighted by molar-refractivity contribution is 6.32. The molecule has 1 amide bonds. The Labute approximate surface area is 168 Å². The van der Waals surface area contributed by atoms with Crippen LogP contribution in [-0.4, -0.2) is 37.0 Å². The fraction of sp³-hybridized carbons (Fsp3) is 0.913. The average Bonchev–Trinajstić information content (AvgIpc) is 2.67. The van der Waals surface area contributed by atoms with E-state index in [9.17, 15) is 9.59 Å². The Hall–Kier alpha value is -1.06. The Bertz CT molecular complexity index is 358. The van der Waals surface area contributed by atoms with E-state index in [-0.39, 0.29) is 6.61 Å². The highest BCUT2D eigenvalue weighted by atomic mass is 16.5. The van der Waals surface area contributed by atoms with Crippen LogP contribution < -0.4 is 0 Å². The van der Waals surface area contributed by atoms with Crippen LogP contribution in [0.5, 0.6) is 0 Å². The maximum Gasteiger partial charge on any atom is 0.396 e. The van der Waals surface area contributed by atoms with Gasteiger partial charge in [0.05, 0.1) is 6.61 Å². The summed E-state index contributed by atoms with van der Waals surface area (Å²) in [7, 11) is 1.67. The summed E-state index contributed by atoms with van der Waals surface area (Å²) >= 11 is 0. The van der Waals surface area contributed by atoms with E-state index in [1.807, 2.05) is 0 Å². The highest BCUT2D eigenvalue weighted by Crippen LogP contribution is 2.13. The molecule has 0 aliphatic heterocycles. The van der Waals surface area contributed by atoms with Crippen molar-refractivity contribution in [2.45, 2.75) is 117 Å². The van der Waals surface area contributed by atoms with Gasteiger partial charge in [-0.25, -0.2) is 4.79 Å². The molecule has 0 aromatic heterocycles. The van der Waals surface area contributed by atoms with Crippen LogP contribution in [0.25, 0.3) is 0 Å². The summed E-state index contributed by atoms with van der Waals surface area (Å²) < 4.78 is 4.73. The molecule has 0 aromatic carbocycles. The number of carbonyl (C=O) groups is 2. The van der Waals surface area contributed by atoms with E-state index >= 15 is 0 Å². The van der Waals surface area contributed by atoms with Crippen molar-refractivity contribution in [3.63, 3.8) is 0 Å². The zero-order chi connectivity index (χ0) is 20.2. The standard InChI is InChI=1S/C23H45NO3/c1-4-6-7-8-9-10-11-12-13-14-15-16-17-18-19-20-21-24(3)22(25)23(26)27-5-2/h4-21H2,1-3H3. The van der Waals surface area contributed by atoms with Gasteiger partial charge in [-0.1, -0.05) is 103 Å². The Balaban J connectivity index is 3.27. The van der Waals surface area contributed by atoms with Crippen molar-refractivity contribution >= 4 is 11.9 Å². The first-order chi connectivity index (χ1) is 13.1. The number of carbonyl (C=O) groups excluding carboxylic acids is 2. The smallest absolute Gasteiger partial charge is 0.396 e. The Morgan fingerprint density at radius 1 is 0.630 bits per heavy atom. The molecule has 0 aromatic rings. The fourth-order valence-corrected chi connectivity index (χ4v) is 3.35. The van der Waals surface area contributed by atoms with Gasteiger partial charge in [-0.2, -0.15) is 0 Å². The number of hydrogen-bond donors (Lipinski definition) is 0. The third-order valence-electron chi connectivity index (χ3n) is 5.14. The molecule has 27 heavy (non-hydrogen) atoms. The monoisotopic (exact) mass is 383 g/mol. The van der Waals surface area contributed by atoms with E-state index in [0.717, 1.165) is 12.8 Å². The third kappa shape index (κ3) is 16.8. The summed E-state index contributed by atoms with van der Waals surface area (Å²) in [6, 6.07) is 0. The van der Waals surface area contributed by atoms with Crippen molar-refractivity contribution in [3.8, 4) is 0 Å². The molecular formula is C23H45NO3. The summed E-state index contributed by atoms with van der Waals surface area (Å²) in [6.45, 7) is 4.86. The number of ether oxygens (including phenoxy) is 1. The summed E-state index contributed by atoms with van der Waals surface area (Å²) in [6.07, 6.45) is 21.3. The van der Waals surface area contributed by atoms with Gasteiger partial charge in [-0.05, 0) is 13.3 Å². The van der Waals surface area contributed by atoms with Gasteiger partial charge in [-0.3, -0.25) is 4.79 Å². The number of esters is 1. The maximum absolute atomic E-state index is 11.7. The van der Waals surface area contributed by atoms with Crippen LogP contribution >= 0.6 is 0 Å². The summed E-state index contributed by atoms with van der Waals surface area (Å²) in [5.74, 6) is -1.27. The first-order valence-electron chi connectivity index (χ1n) is 11.6. The Kier molecular flexibility index (Phi) is 18.9. The predicted molar refractivity (Wildman–Crippen MR) is 114 cm³/mol. The minimum Gasteiger partial charge on any atom is -0.459 e. The van der Waals surface area contributed by atoms with Gasteiger partial charge in [-0.15, -0.1) is 0 Å². The van der Waals surface area contributed by atoms with Crippen LogP contribution in [-0.2, 0) is 14.3 Å². The molecule has 4 heteroatoms. The van der Waals surface area contributed by atoms with Gasteiger partial charge in [0, 0.05) is 13.6 Å². The van der Waals surface area contributed by atoms with E-state index in [2.05, 4.69) is 6.92 Å². The molecule has 0 fully saturated rings. The minimum absolute atomic E-state index is 0.247. The highest BCUT2D eigenvalue weighted by Gasteiger charge is 2.18. The lowest BCUT2D eigenvalue weighted by molar-refractivity contribution is -0.159. The van der Waals surface area contributed by atoms with Crippen molar-refractivity contribution in [1.82, 2.24) is 4.90 Å². The molecule has 0 aliphatic rings. The van der Waals surface area contributed by atoms with Crippen LogP contribution in [0.1, 0.15) is 117 Å². The van der Waals surface area contributed by atoms with Crippen LogP contribution in [0, 0.1) is 0 Å². The number of unbranched alkanes of at least 4 members (excludes halogenated alkanes) is 15. The molecule has 0 heterocycles. The molecule has 0 aliphatic carbocycles. The van der Waals surface area contributed by atoms with Crippen LogP contribution in [0.4, 0.5) is 0 Å². The zero-order valence-corrected chi connectivity index (χ0v) is 18.4. The van der Waals surface area contributed by atoms with Crippen LogP contribution in [0.15, 0.2) is 0 Å². The minimum atomic E-state index is -0.739. The van der Waals surface area contributed by atoms with Crippen molar-refractivity contribution in [2.24, 2.45) is 0 Å². The average molecular weight is 384 g/mol. The molecule has 4 nitrogen and oxygen atoms in total. The van der Waals surface area contributed by atoms with Crippen LogP contribution in [0.3, 0.4) is 0 Å². The quantitative estimate of drug-likeness (QED) is 0.159. The molecular weight excluding hydrogens is 338 g/mol. The van der Waals surface area contributed by atoms with E-state index < -0.39 is 11.9 Å². The SMILES string of the molecule is CCCCCCCCCCCCCCCCCCN(C)C(=O)C(=O)OCC. The second-order valence-electron chi connectivity index (χ2n) is 7.75. The van der Waals surface area contributed by atoms with E-state index in [1.165, 1.54) is 94.8 Å². The van der Waals surface area contributed by atoms with Gasteiger partial charge >= 0.3 is 11.9 Å². The first kappa shape index (κ1) is 25.9. The van der Waals surface area contributed by atoms with Gasteiger partial charge in [0.2, 0.25) is 0 Å². The molecule has 0 radical (unpaired) electrons. The number of hydrogen-bond acceptors (Lipinski definition) is 3.